The van der Waals surface area contributed by atoms with Gasteiger partial charge in [-0.15, -0.1) is 0 Å². The predicted octanol–water partition coefficient (Wildman–Crippen LogP) is 2.03. The van der Waals surface area contributed by atoms with Crippen molar-refractivity contribution in [1.82, 2.24) is 4.90 Å². The lowest BCUT2D eigenvalue weighted by Crippen LogP contribution is -2.33. The largest absolute Gasteiger partial charge is 0.490 e. The van der Waals surface area contributed by atoms with Crippen LogP contribution >= 0.6 is 0 Å². The highest BCUT2D eigenvalue weighted by atomic mass is 16.5. The van der Waals surface area contributed by atoms with Crippen LogP contribution in [0.1, 0.15) is 0 Å². The number of aliphatic hydroxyl groups is 1. The minimum Gasteiger partial charge on any atom is -0.490 e. The van der Waals surface area contributed by atoms with Crippen LogP contribution in [-0.2, 0) is 0 Å². The summed E-state index contributed by atoms with van der Waals surface area (Å²) in [4.78, 5) is 1.76. The van der Waals surface area contributed by atoms with E-state index in [0.717, 1.165) is 16.5 Å². The first kappa shape index (κ1) is 14.3. The first-order chi connectivity index (χ1) is 9.70. The van der Waals surface area contributed by atoms with Gasteiger partial charge in [-0.1, -0.05) is 36.4 Å². The fourth-order valence-electron chi connectivity index (χ4n) is 2.11. The van der Waals surface area contributed by atoms with Crippen molar-refractivity contribution in [2.75, 3.05) is 26.7 Å². The standard InChI is InChI=1S/C16H18N2O2/c1-18(10-9-17)11-14(19)12-20-16-8-4-6-13-5-2-3-7-15(13)16/h2-8,14,19H,10-12H2,1H3. The Labute approximate surface area is 118 Å². The maximum Gasteiger partial charge on any atom is 0.127 e. The van der Waals surface area contributed by atoms with Gasteiger partial charge in [0, 0.05) is 11.9 Å². The van der Waals surface area contributed by atoms with Crippen LogP contribution in [0.4, 0.5) is 0 Å². The Morgan fingerprint density at radius 3 is 2.80 bits per heavy atom. The number of fused-ring (bicyclic) bond motifs is 1. The molecule has 2 rings (SSSR count). The number of likely N-dealkylation sites (N-methyl/N-ethyl adjacent to an activating group) is 1. The zero-order valence-corrected chi connectivity index (χ0v) is 11.5. The third kappa shape index (κ3) is 3.70. The normalized spacial score (nSPS) is 12.3. The number of ether oxygens (including phenoxy) is 1. The number of nitriles is 1. The summed E-state index contributed by atoms with van der Waals surface area (Å²) in [5.41, 5.74) is 0. The Morgan fingerprint density at radius 2 is 2.00 bits per heavy atom. The van der Waals surface area contributed by atoms with E-state index in [9.17, 15) is 5.11 Å². The average molecular weight is 270 g/mol. The summed E-state index contributed by atoms with van der Waals surface area (Å²) in [5, 5.41) is 20.6. The topological polar surface area (TPSA) is 56.5 Å². The average Bonchev–Trinajstić information content (AvgIpc) is 2.45. The highest BCUT2D eigenvalue weighted by molar-refractivity contribution is 5.88. The quantitative estimate of drug-likeness (QED) is 0.816. The maximum atomic E-state index is 9.90. The highest BCUT2D eigenvalue weighted by Gasteiger charge is 2.10. The van der Waals surface area contributed by atoms with Crippen molar-refractivity contribution < 1.29 is 9.84 Å². The van der Waals surface area contributed by atoms with Crippen molar-refractivity contribution >= 4 is 10.8 Å². The molecule has 0 radical (unpaired) electrons. The molecule has 0 amide bonds. The number of aliphatic hydroxyl groups excluding tert-OH is 1. The molecule has 0 saturated carbocycles. The number of hydrogen-bond acceptors (Lipinski definition) is 4. The van der Waals surface area contributed by atoms with E-state index < -0.39 is 6.10 Å². The van der Waals surface area contributed by atoms with Gasteiger partial charge in [0.1, 0.15) is 18.5 Å². The van der Waals surface area contributed by atoms with E-state index in [1.807, 2.05) is 48.5 Å². The Balaban J connectivity index is 1.98. The summed E-state index contributed by atoms with van der Waals surface area (Å²) in [6, 6.07) is 15.9. The van der Waals surface area contributed by atoms with Crippen LogP contribution in [0.3, 0.4) is 0 Å². The second kappa shape index (κ2) is 6.90. The van der Waals surface area contributed by atoms with E-state index in [1.165, 1.54) is 0 Å². The van der Waals surface area contributed by atoms with E-state index >= 15 is 0 Å². The zero-order valence-electron chi connectivity index (χ0n) is 11.5. The molecular weight excluding hydrogens is 252 g/mol. The van der Waals surface area contributed by atoms with Crippen LogP contribution in [0.25, 0.3) is 10.8 Å². The molecule has 1 unspecified atom stereocenters. The minimum atomic E-state index is -0.618. The Morgan fingerprint density at radius 1 is 1.25 bits per heavy atom. The second-order valence-corrected chi connectivity index (χ2v) is 4.80. The summed E-state index contributed by atoms with van der Waals surface area (Å²) >= 11 is 0. The van der Waals surface area contributed by atoms with Crippen LogP contribution in [0, 0.1) is 11.3 Å². The molecule has 2 aromatic carbocycles. The Bertz CT molecular complexity index is 601. The van der Waals surface area contributed by atoms with Gasteiger partial charge < -0.3 is 9.84 Å². The van der Waals surface area contributed by atoms with E-state index in [0.29, 0.717) is 13.1 Å². The number of benzene rings is 2. The summed E-state index contributed by atoms with van der Waals surface area (Å²) in [6.45, 7) is 0.924. The first-order valence-corrected chi connectivity index (χ1v) is 6.55. The van der Waals surface area contributed by atoms with Gasteiger partial charge in [0.05, 0.1) is 12.6 Å². The lowest BCUT2D eigenvalue weighted by molar-refractivity contribution is 0.0805. The number of nitrogens with zero attached hydrogens (tertiary/aromatic N) is 2. The van der Waals surface area contributed by atoms with Crippen LogP contribution < -0.4 is 4.74 Å². The molecule has 0 saturated heterocycles. The molecule has 0 aromatic heterocycles. The maximum absolute atomic E-state index is 9.90. The van der Waals surface area contributed by atoms with Crippen LogP contribution in [0.2, 0.25) is 0 Å². The van der Waals surface area contributed by atoms with Crippen LogP contribution in [-0.4, -0.2) is 42.9 Å². The molecule has 0 fully saturated rings. The molecule has 1 atom stereocenters. The molecule has 2 aromatic rings. The summed E-state index contributed by atoms with van der Waals surface area (Å²) in [7, 11) is 1.80. The van der Waals surface area contributed by atoms with E-state index in [-0.39, 0.29) is 6.61 Å². The molecule has 0 heterocycles. The third-order valence-corrected chi connectivity index (χ3v) is 3.04. The lowest BCUT2D eigenvalue weighted by atomic mass is 10.1. The minimum absolute atomic E-state index is 0.212. The van der Waals surface area contributed by atoms with Gasteiger partial charge in [-0.2, -0.15) is 5.26 Å². The van der Waals surface area contributed by atoms with E-state index in [1.54, 1.807) is 11.9 Å². The molecule has 104 valence electrons. The molecule has 1 N–H and O–H groups in total. The molecule has 0 aliphatic rings. The van der Waals surface area contributed by atoms with Crippen molar-refractivity contribution in [2.45, 2.75) is 6.10 Å². The van der Waals surface area contributed by atoms with Gasteiger partial charge in [0.15, 0.2) is 0 Å². The number of rotatable bonds is 6. The van der Waals surface area contributed by atoms with Gasteiger partial charge in [0.2, 0.25) is 0 Å². The van der Waals surface area contributed by atoms with Gasteiger partial charge in [-0.05, 0) is 18.5 Å². The van der Waals surface area contributed by atoms with Gasteiger partial charge >= 0.3 is 0 Å². The molecular formula is C16H18N2O2. The molecule has 0 spiro atoms. The molecule has 0 bridgehead atoms. The van der Waals surface area contributed by atoms with E-state index in [2.05, 4.69) is 0 Å². The summed E-state index contributed by atoms with van der Waals surface area (Å²) in [6.07, 6.45) is -0.618. The summed E-state index contributed by atoms with van der Waals surface area (Å²) in [5.74, 6) is 0.769. The monoisotopic (exact) mass is 270 g/mol. The summed E-state index contributed by atoms with van der Waals surface area (Å²) < 4.78 is 5.70. The van der Waals surface area contributed by atoms with Crippen molar-refractivity contribution in [2.24, 2.45) is 0 Å². The van der Waals surface area contributed by atoms with Gasteiger partial charge in [-0.3, -0.25) is 4.90 Å². The SMILES string of the molecule is CN(CC#N)CC(O)COc1cccc2ccccc12. The number of hydrogen-bond donors (Lipinski definition) is 1. The van der Waals surface area contributed by atoms with Crippen LogP contribution in [0.5, 0.6) is 5.75 Å². The zero-order chi connectivity index (χ0) is 14.4. The Kier molecular flexibility index (Phi) is 4.94. The molecule has 4 nitrogen and oxygen atoms in total. The molecule has 0 aliphatic heterocycles. The van der Waals surface area contributed by atoms with Crippen molar-refractivity contribution in [3.63, 3.8) is 0 Å². The first-order valence-electron chi connectivity index (χ1n) is 6.55. The highest BCUT2D eigenvalue weighted by Crippen LogP contribution is 2.25. The van der Waals surface area contributed by atoms with Crippen LogP contribution in [0.15, 0.2) is 42.5 Å². The predicted molar refractivity (Wildman–Crippen MR) is 78.6 cm³/mol. The fraction of sp³-hybridized carbons (Fsp3) is 0.312. The van der Waals surface area contributed by atoms with Crippen molar-refractivity contribution in [3.05, 3.63) is 42.5 Å². The smallest absolute Gasteiger partial charge is 0.127 e. The van der Waals surface area contributed by atoms with Gasteiger partial charge in [-0.25, -0.2) is 0 Å². The second-order valence-electron chi connectivity index (χ2n) is 4.80. The third-order valence-electron chi connectivity index (χ3n) is 3.04. The van der Waals surface area contributed by atoms with Crippen molar-refractivity contribution in [1.29, 1.82) is 5.26 Å². The fourth-order valence-corrected chi connectivity index (χ4v) is 2.11. The Hall–Kier alpha value is -2.09. The molecule has 4 heteroatoms. The lowest BCUT2D eigenvalue weighted by Gasteiger charge is -2.18. The van der Waals surface area contributed by atoms with Gasteiger partial charge in [0.25, 0.3) is 0 Å². The van der Waals surface area contributed by atoms with Crippen molar-refractivity contribution in [3.8, 4) is 11.8 Å². The van der Waals surface area contributed by atoms with E-state index in [4.69, 9.17) is 10.00 Å². The molecule has 20 heavy (non-hydrogen) atoms. The molecule has 0 aliphatic carbocycles.